The molecule has 4 nitrogen and oxygen atoms in total. The van der Waals surface area contributed by atoms with E-state index < -0.39 is 0 Å². The summed E-state index contributed by atoms with van der Waals surface area (Å²) in [5.74, 6) is 0. The summed E-state index contributed by atoms with van der Waals surface area (Å²) in [6.45, 7) is 7.66. The molecule has 0 aliphatic heterocycles. The van der Waals surface area contributed by atoms with E-state index in [4.69, 9.17) is 6.57 Å². The Hall–Kier alpha value is -6.88. The van der Waals surface area contributed by atoms with Crippen LogP contribution in [-0.4, -0.2) is 9.13 Å². The van der Waals surface area contributed by atoms with Crippen molar-refractivity contribution in [1.29, 1.82) is 5.26 Å². The molecule has 0 fully saturated rings. The molecular formula is C44H26N4. The third-order valence-electron chi connectivity index (χ3n) is 9.37. The van der Waals surface area contributed by atoms with Gasteiger partial charge in [-0.1, -0.05) is 103 Å². The molecule has 0 spiro atoms. The minimum Gasteiger partial charge on any atom is -0.310 e. The second-order valence-corrected chi connectivity index (χ2v) is 12.0. The van der Waals surface area contributed by atoms with Crippen LogP contribution in [0.15, 0.2) is 158 Å². The standard InChI is InChI=1S/C44H26N4/c1-46-31-22-23-38-37-17-4-7-18-40(37)47(44(38)27-31)32-12-10-11-30(26-32)33-13-2-3-14-34(33)39-25-29(28-45)21-24-43(39)48-41-19-8-5-15-35(41)36-16-6-9-20-42(36)48/h2-27H. The summed E-state index contributed by atoms with van der Waals surface area (Å²) >= 11 is 0. The zero-order valence-corrected chi connectivity index (χ0v) is 25.8. The van der Waals surface area contributed by atoms with Gasteiger partial charge in [-0.25, -0.2) is 4.85 Å². The van der Waals surface area contributed by atoms with Crippen LogP contribution in [0.3, 0.4) is 0 Å². The molecule has 2 heterocycles. The number of benzene rings is 7. The molecule has 0 radical (unpaired) electrons. The summed E-state index contributed by atoms with van der Waals surface area (Å²) in [5, 5.41) is 14.7. The van der Waals surface area contributed by atoms with E-state index in [-0.39, 0.29) is 0 Å². The lowest BCUT2D eigenvalue weighted by Gasteiger charge is -2.18. The van der Waals surface area contributed by atoms with Crippen molar-refractivity contribution < 1.29 is 0 Å². The van der Waals surface area contributed by atoms with Gasteiger partial charge in [0.25, 0.3) is 0 Å². The number of hydrogen-bond donors (Lipinski definition) is 0. The van der Waals surface area contributed by atoms with Crippen LogP contribution in [-0.2, 0) is 0 Å². The van der Waals surface area contributed by atoms with Crippen molar-refractivity contribution >= 4 is 49.3 Å². The van der Waals surface area contributed by atoms with Crippen molar-refractivity contribution in [1.82, 2.24) is 9.13 Å². The first-order chi connectivity index (χ1) is 23.7. The second kappa shape index (κ2) is 10.9. The number of para-hydroxylation sites is 3. The lowest BCUT2D eigenvalue weighted by molar-refractivity contribution is 1.18. The van der Waals surface area contributed by atoms with Crippen LogP contribution in [0.25, 0.3) is 82.1 Å². The third kappa shape index (κ3) is 4.14. The van der Waals surface area contributed by atoms with Crippen molar-refractivity contribution in [3.63, 3.8) is 0 Å². The molecule has 48 heavy (non-hydrogen) atoms. The highest BCUT2D eigenvalue weighted by molar-refractivity contribution is 6.11. The summed E-state index contributed by atoms with van der Waals surface area (Å²) in [7, 11) is 0. The molecule has 9 rings (SSSR count). The topological polar surface area (TPSA) is 38.0 Å². The van der Waals surface area contributed by atoms with Crippen molar-refractivity contribution in [2.75, 3.05) is 0 Å². The van der Waals surface area contributed by atoms with Crippen LogP contribution in [0.4, 0.5) is 5.69 Å². The fourth-order valence-electron chi connectivity index (χ4n) is 7.29. The molecule has 0 saturated carbocycles. The van der Waals surface area contributed by atoms with Gasteiger partial charge in [-0.15, -0.1) is 0 Å². The van der Waals surface area contributed by atoms with E-state index in [9.17, 15) is 5.26 Å². The van der Waals surface area contributed by atoms with Crippen LogP contribution < -0.4 is 0 Å². The van der Waals surface area contributed by atoms with Crippen LogP contribution in [0.5, 0.6) is 0 Å². The maximum absolute atomic E-state index is 10.0. The number of hydrogen-bond acceptors (Lipinski definition) is 1. The molecule has 0 aliphatic carbocycles. The first-order valence-electron chi connectivity index (χ1n) is 15.9. The van der Waals surface area contributed by atoms with Crippen LogP contribution in [0, 0.1) is 17.9 Å². The Balaban J connectivity index is 1.29. The Kier molecular flexibility index (Phi) is 6.22. The molecule has 2 aromatic heterocycles. The fourth-order valence-corrected chi connectivity index (χ4v) is 7.29. The molecule has 0 aliphatic rings. The summed E-state index contributed by atoms with van der Waals surface area (Å²) in [6, 6.07) is 56.8. The predicted molar refractivity (Wildman–Crippen MR) is 197 cm³/mol. The van der Waals surface area contributed by atoms with E-state index in [1.54, 1.807) is 0 Å². The van der Waals surface area contributed by atoms with Gasteiger partial charge < -0.3 is 9.13 Å². The Morgan fingerprint density at radius 3 is 1.75 bits per heavy atom. The number of rotatable bonds is 4. The molecule has 9 aromatic rings. The maximum Gasteiger partial charge on any atom is 0.189 e. The van der Waals surface area contributed by atoms with Gasteiger partial charge in [-0.05, 0) is 71.3 Å². The molecule has 222 valence electrons. The third-order valence-corrected chi connectivity index (χ3v) is 9.37. The van der Waals surface area contributed by atoms with E-state index in [1.807, 2.05) is 24.3 Å². The van der Waals surface area contributed by atoms with Gasteiger partial charge in [0, 0.05) is 38.3 Å². The van der Waals surface area contributed by atoms with Crippen LogP contribution in [0.2, 0.25) is 0 Å². The van der Waals surface area contributed by atoms with Gasteiger partial charge >= 0.3 is 0 Å². The van der Waals surface area contributed by atoms with Crippen molar-refractivity contribution in [2.45, 2.75) is 0 Å². The van der Waals surface area contributed by atoms with Gasteiger partial charge in [0.2, 0.25) is 0 Å². The van der Waals surface area contributed by atoms with Gasteiger partial charge in [0.05, 0.1) is 40.4 Å². The second-order valence-electron chi connectivity index (χ2n) is 12.0. The average molecular weight is 611 g/mol. The van der Waals surface area contributed by atoms with E-state index in [2.05, 4.69) is 154 Å². The summed E-state index contributed by atoms with van der Waals surface area (Å²) in [5.41, 5.74) is 11.8. The Morgan fingerprint density at radius 1 is 0.479 bits per heavy atom. The summed E-state index contributed by atoms with van der Waals surface area (Å²) < 4.78 is 4.58. The lowest BCUT2D eigenvalue weighted by atomic mass is 9.92. The van der Waals surface area contributed by atoms with Crippen LogP contribution >= 0.6 is 0 Å². The molecular weight excluding hydrogens is 585 g/mol. The lowest BCUT2D eigenvalue weighted by Crippen LogP contribution is -1.99. The summed E-state index contributed by atoms with van der Waals surface area (Å²) in [6.07, 6.45) is 0. The minimum absolute atomic E-state index is 0.610. The molecule has 0 amide bonds. The van der Waals surface area contributed by atoms with Crippen molar-refractivity contribution in [2.24, 2.45) is 0 Å². The zero-order valence-electron chi connectivity index (χ0n) is 25.8. The highest BCUT2D eigenvalue weighted by atomic mass is 15.0. The summed E-state index contributed by atoms with van der Waals surface area (Å²) in [4.78, 5) is 3.73. The molecule has 0 bridgehead atoms. The van der Waals surface area contributed by atoms with Crippen LogP contribution in [0.1, 0.15) is 5.56 Å². The van der Waals surface area contributed by atoms with E-state index in [0.717, 1.165) is 66.5 Å². The van der Waals surface area contributed by atoms with E-state index >= 15 is 0 Å². The highest BCUT2D eigenvalue weighted by Gasteiger charge is 2.19. The Labute approximate surface area is 277 Å². The highest BCUT2D eigenvalue weighted by Crippen LogP contribution is 2.41. The first kappa shape index (κ1) is 27.4. The maximum atomic E-state index is 10.0. The number of nitriles is 1. The normalized spacial score (nSPS) is 11.3. The Bertz CT molecular complexity index is 2760. The number of fused-ring (bicyclic) bond motifs is 6. The first-order valence-corrected chi connectivity index (χ1v) is 15.9. The molecule has 4 heteroatoms. The zero-order chi connectivity index (χ0) is 32.2. The quantitative estimate of drug-likeness (QED) is 0.183. The smallest absolute Gasteiger partial charge is 0.189 e. The molecule has 0 N–H and O–H groups in total. The minimum atomic E-state index is 0.610. The fraction of sp³-hybridized carbons (Fsp3) is 0. The van der Waals surface area contributed by atoms with Gasteiger partial charge in [0.1, 0.15) is 0 Å². The molecule has 0 saturated heterocycles. The Morgan fingerprint density at radius 2 is 1.08 bits per heavy atom. The number of nitrogens with zero attached hydrogens (tertiary/aromatic N) is 4. The van der Waals surface area contributed by atoms with Crippen molar-refractivity contribution in [3.05, 3.63) is 175 Å². The predicted octanol–water partition coefficient (Wildman–Crippen LogP) is 11.6. The molecule has 0 atom stereocenters. The van der Waals surface area contributed by atoms with Gasteiger partial charge in [-0.3, -0.25) is 0 Å². The largest absolute Gasteiger partial charge is 0.310 e. The van der Waals surface area contributed by atoms with E-state index in [0.29, 0.717) is 11.3 Å². The van der Waals surface area contributed by atoms with Gasteiger partial charge in [0.15, 0.2) is 5.69 Å². The molecule has 0 unspecified atom stereocenters. The number of aromatic nitrogens is 2. The monoisotopic (exact) mass is 610 g/mol. The average Bonchev–Trinajstić information content (AvgIpc) is 3.67. The SMILES string of the molecule is [C-]#[N+]c1ccc2c3ccccc3n(-c3cccc(-c4ccccc4-c4cc(C#N)ccc4-n4c5ccccc5c5ccccc54)c3)c2c1. The molecule has 7 aromatic carbocycles. The van der Waals surface area contributed by atoms with Gasteiger partial charge in [-0.2, -0.15) is 5.26 Å². The van der Waals surface area contributed by atoms with E-state index in [1.165, 1.54) is 10.8 Å². The van der Waals surface area contributed by atoms with Crippen molar-refractivity contribution in [3.8, 4) is 39.7 Å².